The van der Waals surface area contributed by atoms with Crippen LogP contribution in [0.4, 0.5) is 0 Å². The Kier molecular flexibility index (Phi) is 2.73. The number of hydrogen-bond donors (Lipinski definition) is 2. The van der Waals surface area contributed by atoms with Gasteiger partial charge in [0.15, 0.2) is 0 Å². The molecular formula is C11H11BrN2O2. The molecule has 0 radical (unpaired) electrons. The first kappa shape index (κ1) is 11.2. The minimum atomic E-state index is -1.02. The maximum absolute atomic E-state index is 10.9. The lowest BCUT2D eigenvalue weighted by Gasteiger charge is -2.04. The Bertz CT molecular complexity index is 562. The predicted molar refractivity (Wildman–Crippen MR) is 65.2 cm³/mol. The predicted octanol–water partition coefficient (Wildman–Crippen LogP) is 2.03. The number of aryl methyl sites for hydroxylation is 1. The lowest BCUT2D eigenvalue weighted by atomic mass is 10.1. The second-order valence-electron chi connectivity index (χ2n) is 3.65. The van der Waals surface area contributed by atoms with Crippen LogP contribution in [0.15, 0.2) is 28.9 Å². The number of halogens is 1. The third-order valence-corrected chi connectivity index (χ3v) is 3.22. The Morgan fingerprint density at radius 1 is 1.56 bits per heavy atom. The number of rotatable bonds is 2. The number of nitrogens with two attached hydrogens (primary N) is 1. The number of nitrogens with zero attached hydrogens (tertiary/aromatic N) is 1. The summed E-state index contributed by atoms with van der Waals surface area (Å²) < 4.78 is 2.80. The molecule has 2 aromatic rings. The van der Waals surface area contributed by atoms with E-state index in [0.29, 0.717) is 5.56 Å². The van der Waals surface area contributed by atoms with E-state index < -0.39 is 12.0 Å². The van der Waals surface area contributed by atoms with E-state index in [1.807, 2.05) is 29.8 Å². The van der Waals surface area contributed by atoms with E-state index in [-0.39, 0.29) is 0 Å². The fourth-order valence-electron chi connectivity index (χ4n) is 1.83. The largest absolute Gasteiger partial charge is 0.480 e. The maximum Gasteiger partial charge on any atom is 0.325 e. The first-order valence-electron chi connectivity index (χ1n) is 4.74. The van der Waals surface area contributed by atoms with Gasteiger partial charge in [-0.2, -0.15) is 0 Å². The molecule has 0 fully saturated rings. The van der Waals surface area contributed by atoms with Crippen LogP contribution in [0.25, 0.3) is 10.9 Å². The zero-order valence-corrected chi connectivity index (χ0v) is 10.2. The number of aliphatic carboxylic acids is 1. The normalized spacial score (nSPS) is 12.9. The van der Waals surface area contributed by atoms with E-state index in [0.717, 1.165) is 15.4 Å². The maximum atomic E-state index is 10.9. The third-order valence-electron chi connectivity index (χ3n) is 2.58. The zero-order chi connectivity index (χ0) is 11.9. The van der Waals surface area contributed by atoms with E-state index in [2.05, 4.69) is 15.9 Å². The summed E-state index contributed by atoms with van der Waals surface area (Å²) in [7, 11) is 1.87. The molecule has 0 saturated carbocycles. The molecule has 16 heavy (non-hydrogen) atoms. The molecular weight excluding hydrogens is 272 g/mol. The molecule has 1 aromatic heterocycles. The van der Waals surface area contributed by atoms with Crippen molar-refractivity contribution in [3.63, 3.8) is 0 Å². The summed E-state index contributed by atoms with van der Waals surface area (Å²) in [5.74, 6) is -1.02. The van der Waals surface area contributed by atoms with Gasteiger partial charge in [0, 0.05) is 28.7 Å². The second kappa shape index (κ2) is 3.92. The van der Waals surface area contributed by atoms with Gasteiger partial charge in [0.1, 0.15) is 6.04 Å². The molecule has 3 N–H and O–H groups in total. The van der Waals surface area contributed by atoms with Crippen molar-refractivity contribution >= 4 is 32.8 Å². The molecule has 0 saturated heterocycles. The van der Waals surface area contributed by atoms with Crippen molar-refractivity contribution < 1.29 is 9.90 Å². The van der Waals surface area contributed by atoms with Crippen LogP contribution in [-0.4, -0.2) is 15.6 Å². The number of fused-ring (bicyclic) bond motifs is 1. The smallest absolute Gasteiger partial charge is 0.325 e. The Morgan fingerprint density at radius 2 is 2.25 bits per heavy atom. The molecule has 0 bridgehead atoms. The highest BCUT2D eigenvalue weighted by Crippen LogP contribution is 2.30. The molecule has 2 rings (SSSR count). The summed E-state index contributed by atoms with van der Waals surface area (Å²) in [5.41, 5.74) is 7.22. The van der Waals surface area contributed by atoms with Crippen LogP contribution >= 0.6 is 15.9 Å². The molecule has 0 aliphatic rings. The van der Waals surface area contributed by atoms with Crippen LogP contribution in [0.3, 0.4) is 0 Å². The van der Waals surface area contributed by atoms with Gasteiger partial charge in [-0.3, -0.25) is 4.79 Å². The molecule has 0 aliphatic heterocycles. The van der Waals surface area contributed by atoms with Crippen molar-refractivity contribution in [2.75, 3.05) is 0 Å². The molecule has 0 aliphatic carbocycles. The Morgan fingerprint density at radius 3 is 2.88 bits per heavy atom. The highest BCUT2D eigenvalue weighted by Gasteiger charge is 2.20. The summed E-state index contributed by atoms with van der Waals surface area (Å²) in [6, 6.07) is 4.67. The number of aromatic nitrogens is 1. The SMILES string of the molecule is Cn1cc(C(N)C(=O)O)c2cccc(Br)c21. The van der Waals surface area contributed by atoms with Gasteiger partial charge in [0.05, 0.1) is 5.52 Å². The zero-order valence-electron chi connectivity index (χ0n) is 8.64. The molecule has 1 aromatic carbocycles. The van der Waals surface area contributed by atoms with Gasteiger partial charge in [-0.1, -0.05) is 12.1 Å². The molecule has 1 heterocycles. The second-order valence-corrected chi connectivity index (χ2v) is 4.50. The van der Waals surface area contributed by atoms with Gasteiger partial charge in [-0.05, 0) is 22.0 Å². The number of carbonyl (C=O) groups is 1. The third kappa shape index (κ3) is 1.62. The minimum absolute atomic E-state index is 0.631. The minimum Gasteiger partial charge on any atom is -0.480 e. The van der Waals surface area contributed by atoms with Gasteiger partial charge in [0.2, 0.25) is 0 Å². The Balaban J connectivity index is 2.73. The fourth-order valence-corrected chi connectivity index (χ4v) is 2.48. The van der Waals surface area contributed by atoms with Crippen molar-refractivity contribution in [2.24, 2.45) is 12.8 Å². The van der Waals surface area contributed by atoms with Crippen LogP contribution in [0.1, 0.15) is 11.6 Å². The highest BCUT2D eigenvalue weighted by atomic mass is 79.9. The number of benzene rings is 1. The molecule has 5 heteroatoms. The summed E-state index contributed by atoms with van der Waals surface area (Å²) in [4.78, 5) is 10.9. The van der Waals surface area contributed by atoms with Gasteiger partial charge >= 0.3 is 5.97 Å². The van der Waals surface area contributed by atoms with Gasteiger partial charge in [-0.15, -0.1) is 0 Å². The number of para-hydroxylation sites is 1. The fraction of sp³-hybridized carbons (Fsp3) is 0.182. The average Bonchev–Trinajstić information content (AvgIpc) is 2.56. The first-order valence-corrected chi connectivity index (χ1v) is 5.53. The van der Waals surface area contributed by atoms with Crippen LogP contribution in [0.5, 0.6) is 0 Å². The molecule has 1 atom stereocenters. The van der Waals surface area contributed by atoms with Gasteiger partial charge in [-0.25, -0.2) is 0 Å². The first-order chi connectivity index (χ1) is 7.52. The summed E-state index contributed by atoms with van der Waals surface area (Å²) in [6.07, 6.45) is 1.76. The van der Waals surface area contributed by atoms with E-state index in [1.54, 1.807) is 6.20 Å². The van der Waals surface area contributed by atoms with Crippen LogP contribution < -0.4 is 5.73 Å². The number of hydrogen-bond acceptors (Lipinski definition) is 2. The lowest BCUT2D eigenvalue weighted by Crippen LogP contribution is -2.20. The number of carboxylic acid groups (broad SMARTS) is 1. The van der Waals surface area contributed by atoms with Crippen molar-refractivity contribution in [1.82, 2.24) is 4.57 Å². The topological polar surface area (TPSA) is 68.2 Å². The highest BCUT2D eigenvalue weighted by molar-refractivity contribution is 9.10. The summed E-state index contributed by atoms with van der Waals surface area (Å²) >= 11 is 3.44. The van der Waals surface area contributed by atoms with E-state index in [1.165, 1.54) is 0 Å². The molecule has 1 unspecified atom stereocenters. The molecule has 4 nitrogen and oxygen atoms in total. The molecule has 84 valence electrons. The van der Waals surface area contributed by atoms with Gasteiger partial charge in [0.25, 0.3) is 0 Å². The molecule has 0 amide bonds. The monoisotopic (exact) mass is 282 g/mol. The standard InChI is InChI=1S/C11H11BrN2O2/c1-14-5-7(9(13)11(15)16)6-3-2-4-8(12)10(6)14/h2-5,9H,13H2,1H3,(H,15,16). The van der Waals surface area contributed by atoms with Crippen LogP contribution in [0, 0.1) is 0 Å². The Hall–Kier alpha value is -1.33. The van der Waals surface area contributed by atoms with E-state index in [9.17, 15) is 4.79 Å². The van der Waals surface area contributed by atoms with Crippen LogP contribution in [0.2, 0.25) is 0 Å². The number of carboxylic acids is 1. The Labute approximate surface area is 101 Å². The lowest BCUT2D eigenvalue weighted by molar-refractivity contribution is -0.138. The van der Waals surface area contributed by atoms with Crippen molar-refractivity contribution in [2.45, 2.75) is 6.04 Å². The van der Waals surface area contributed by atoms with E-state index in [4.69, 9.17) is 10.8 Å². The van der Waals surface area contributed by atoms with E-state index >= 15 is 0 Å². The van der Waals surface area contributed by atoms with Gasteiger partial charge < -0.3 is 15.4 Å². The quantitative estimate of drug-likeness (QED) is 0.886. The van der Waals surface area contributed by atoms with Crippen molar-refractivity contribution in [3.05, 3.63) is 34.4 Å². The van der Waals surface area contributed by atoms with Crippen molar-refractivity contribution in [3.8, 4) is 0 Å². The summed E-state index contributed by atoms with van der Waals surface area (Å²) in [6.45, 7) is 0. The average molecular weight is 283 g/mol. The molecule has 0 spiro atoms. The summed E-state index contributed by atoms with van der Waals surface area (Å²) in [5, 5.41) is 9.79. The van der Waals surface area contributed by atoms with Crippen molar-refractivity contribution in [1.29, 1.82) is 0 Å². The van der Waals surface area contributed by atoms with Crippen LogP contribution in [-0.2, 0) is 11.8 Å².